The molecule has 2 aliphatic heterocycles. The van der Waals surface area contributed by atoms with Crippen LogP contribution in [0.4, 0.5) is 4.39 Å². The number of aromatic nitrogens is 4. The summed E-state index contributed by atoms with van der Waals surface area (Å²) in [7, 11) is 0. The van der Waals surface area contributed by atoms with Crippen LogP contribution in [0.15, 0.2) is 22.7 Å². The molecular formula is C22H27FN6O3. The van der Waals surface area contributed by atoms with E-state index in [-0.39, 0.29) is 23.6 Å². The summed E-state index contributed by atoms with van der Waals surface area (Å²) in [5.41, 5.74) is 1.17. The molecule has 0 bridgehead atoms. The molecule has 1 N–H and O–H groups in total. The van der Waals surface area contributed by atoms with E-state index >= 15 is 0 Å². The number of aliphatic hydroxyl groups excluding tert-OH is 1. The van der Waals surface area contributed by atoms with E-state index in [0.29, 0.717) is 36.8 Å². The van der Waals surface area contributed by atoms with Crippen molar-refractivity contribution in [2.24, 2.45) is 5.92 Å². The van der Waals surface area contributed by atoms with Crippen LogP contribution in [0.2, 0.25) is 0 Å². The minimum Gasteiger partial charge on any atom is -0.387 e. The SMILES string of the molecule is CCc1nn(-c2noc(C3CN(CC4CCN(C(=O)CO)CC4)C3)n2)c2c(F)cccc12. The Kier molecular flexibility index (Phi) is 5.64. The molecule has 10 heteroatoms. The minimum atomic E-state index is -0.411. The number of benzene rings is 1. The van der Waals surface area contributed by atoms with Gasteiger partial charge in [-0.1, -0.05) is 19.1 Å². The Morgan fingerprint density at radius 1 is 1.28 bits per heavy atom. The molecule has 4 heterocycles. The highest BCUT2D eigenvalue weighted by Gasteiger charge is 2.35. The molecule has 0 unspecified atom stereocenters. The van der Waals surface area contributed by atoms with Gasteiger partial charge in [0.1, 0.15) is 17.9 Å². The van der Waals surface area contributed by atoms with Crippen molar-refractivity contribution in [2.45, 2.75) is 32.1 Å². The predicted molar refractivity (Wildman–Crippen MR) is 114 cm³/mol. The number of hydrogen-bond donors (Lipinski definition) is 1. The number of fused-ring (bicyclic) bond motifs is 1. The number of nitrogens with zero attached hydrogens (tertiary/aromatic N) is 6. The van der Waals surface area contributed by atoms with Gasteiger partial charge in [0.2, 0.25) is 11.8 Å². The van der Waals surface area contributed by atoms with E-state index in [1.165, 1.54) is 10.7 Å². The highest BCUT2D eigenvalue weighted by Crippen LogP contribution is 2.30. The van der Waals surface area contributed by atoms with E-state index in [0.717, 1.165) is 43.6 Å². The summed E-state index contributed by atoms with van der Waals surface area (Å²) in [5, 5.41) is 18.3. The maximum atomic E-state index is 14.5. The van der Waals surface area contributed by atoms with Crippen LogP contribution in [-0.4, -0.2) is 80.1 Å². The van der Waals surface area contributed by atoms with Gasteiger partial charge >= 0.3 is 0 Å². The van der Waals surface area contributed by atoms with Crippen molar-refractivity contribution < 1.29 is 18.8 Å². The monoisotopic (exact) mass is 442 g/mol. The normalized spacial score (nSPS) is 18.4. The molecule has 3 aromatic rings. The van der Waals surface area contributed by atoms with Crippen LogP contribution in [-0.2, 0) is 11.2 Å². The van der Waals surface area contributed by atoms with Crippen molar-refractivity contribution in [2.75, 3.05) is 39.3 Å². The first-order chi connectivity index (χ1) is 15.6. The average Bonchev–Trinajstić information content (AvgIpc) is 3.41. The van der Waals surface area contributed by atoms with Crippen LogP contribution in [0, 0.1) is 11.7 Å². The summed E-state index contributed by atoms with van der Waals surface area (Å²) in [6.07, 6.45) is 2.59. The number of rotatable bonds is 6. The largest absolute Gasteiger partial charge is 0.387 e. The molecule has 170 valence electrons. The summed E-state index contributed by atoms with van der Waals surface area (Å²) in [4.78, 5) is 20.2. The minimum absolute atomic E-state index is 0.157. The van der Waals surface area contributed by atoms with Crippen LogP contribution in [0.5, 0.6) is 0 Å². The van der Waals surface area contributed by atoms with E-state index in [4.69, 9.17) is 9.63 Å². The van der Waals surface area contributed by atoms with Gasteiger partial charge in [-0.2, -0.15) is 14.8 Å². The predicted octanol–water partition coefficient (Wildman–Crippen LogP) is 1.74. The standard InChI is InChI=1S/C22H27FN6O3/c1-2-18-16-4-3-5-17(23)20(16)29(25-18)22-24-21(32-26-22)15-11-27(12-15)10-14-6-8-28(9-7-14)19(31)13-30/h3-5,14-15,30H,2,6-13H2,1H3. The number of para-hydroxylation sites is 1. The summed E-state index contributed by atoms with van der Waals surface area (Å²) in [6, 6.07) is 4.95. The number of hydrogen-bond acceptors (Lipinski definition) is 7. The first-order valence-corrected chi connectivity index (χ1v) is 11.2. The zero-order valence-electron chi connectivity index (χ0n) is 18.1. The topological polar surface area (TPSA) is 101 Å². The molecule has 5 rings (SSSR count). The zero-order valence-corrected chi connectivity index (χ0v) is 18.1. The fourth-order valence-electron chi connectivity index (χ4n) is 4.78. The van der Waals surface area contributed by atoms with Crippen LogP contribution in [0.25, 0.3) is 16.9 Å². The second-order valence-corrected chi connectivity index (χ2v) is 8.68. The molecule has 0 atom stereocenters. The van der Waals surface area contributed by atoms with Gasteiger partial charge in [0.05, 0.1) is 11.6 Å². The van der Waals surface area contributed by atoms with Crippen molar-refractivity contribution in [3.8, 4) is 5.95 Å². The maximum Gasteiger partial charge on any atom is 0.291 e. The Labute approximate surface area is 184 Å². The third kappa shape index (κ3) is 3.77. The molecule has 1 amide bonds. The highest BCUT2D eigenvalue weighted by molar-refractivity contribution is 5.83. The lowest BCUT2D eigenvalue weighted by atomic mass is 9.92. The number of likely N-dealkylation sites (tertiary alicyclic amines) is 2. The van der Waals surface area contributed by atoms with Gasteiger partial charge in [0, 0.05) is 38.1 Å². The van der Waals surface area contributed by atoms with Crippen molar-refractivity contribution in [1.82, 2.24) is 29.7 Å². The molecule has 9 nitrogen and oxygen atoms in total. The molecule has 0 spiro atoms. The fourth-order valence-corrected chi connectivity index (χ4v) is 4.78. The van der Waals surface area contributed by atoms with Crippen LogP contribution in [0.3, 0.4) is 0 Å². The van der Waals surface area contributed by atoms with Crippen LogP contribution >= 0.6 is 0 Å². The summed E-state index contributed by atoms with van der Waals surface area (Å²) >= 11 is 0. The molecule has 32 heavy (non-hydrogen) atoms. The first-order valence-electron chi connectivity index (χ1n) is 11.2. The molecular weight excluding hydrogens is 415 g/mol. The van der Waals surface area contributed by atoms with E-state index in [2.05, 4.69) is 20.1 Å². The number of aryl methyl sites for hydroxylation is 1. The number of halogens is 1. The van der Waals surface area contributed by atoms with Crippen molar-refractivity contribution in [3.63, 3.8) is 0 Å². The number of carbonyl (C=O) groups excluding carboxylic acids is 1. The van der Waals surface area contributed by atoms with Gasteiger partial charge in [-0.3, -0.25) is 4.79 Å². The molecule has 0 aliphatic carbocycles. The molecule has 0 radical (unpaired) electrons. The molecule has 2 saturated heterocycles. The molecule has 2 aromatic heterocycles. The number of piperidine rings is 1. The maximum absolute atomic E-state index is 14.5. The third-order valence-corrected chi connectivity index (χ3v) is 6.61. The molecule has 2 fully saturated rings. The second-order valence-electron chi connectivity index (χ2n) is 8.68. The van der Waals surface area contributed by atoms with Crippen molar-refractivity contribution >= 4 is 16.8 Å². The lowest BCUT2D eigenvalue weighted by Gasteiger charge is -2.41. The second kappa shape index (κ2) is 8.59. The van der Waals surface area contributed by atoms with Gasteiger partial charge in [-0.05, 0) is 36.4 Å². The van der Waals surface area contributed by atoms with Gasteiger partial charge in [0.25, 0.3) is 5.95 Å². The zero-order chi connectivity index (χ0) is 22.2. The van der Waals surface area contributed by atoms with Crippen LogP contribution < -0.4 is 0 Å². The van der Waals surface area contributed by atoms with Gasteiger partial charge < -0.3 is 19.4 Å². The van der Waals surface area contributed by atoms with Crippen molar-refractivity contribution in [3.05, 3.63) is 35.6 Å². The quantitative estimate of drug-likeness (QED) is 0.621. The fraction of sp³-hybridized carbons (Fsp3) is 0.545. The number of amides is 1. The Morgan fingerprint density at radius 2 is 2.06 bits per heavy atom. The van der Waals surface area contributed by atoms with Gasteiger partial charge in [-0.25, -0.2) is 4.39 Å². The van der Waals surface area contributed by atoms with Gasteiger partial charge in [0.15, 0.2) is 0 Å². The van der Waals surface area contributed by atoms with E-state index in [9.17, 15) is 9.18 Å². The molecule has 2 aliphatic rings. The summed E-state index contributed by atoms with van der Waals surface area (Å²) in [5.74, 6) is 0.970. The summed E-state index contributed by atoms with van der Waals surface area (Å²) in [6.45, 7) is 5.65. The Hall–Kier alpha value is -2.85. The average molecular weight is 442 g/mol. The Morgan fingerprint density at radius 3 is 2.78 bits per heavy atom. The third-order valence-electron chi connectivity index (χ3n) is 6.61. The lowest BCUT2D eigenvalue weighted by molar-refractivity contribution is -0.135. The lowest BCUT2D eigenvalue weighted by Crippen LogP contribution is -2.49. The molecule has 0 saturated carbocycles. The van der Waals surface area contributed by atoms with E-state index in [1.807, 2.05) is 13.0 Å². The van der Waals surface area contributed by atoms with Crippen LogP contribution in [0.1, 0.15) is 37.3 Å². The summed E-state index contributed by atoms with van der Waals surface area (Å²) < 4.78 is 21.4. The van der Waals surface area contributed by atoms with E-state index in [1.54, 1.807) is 11.0 Å². The highest BCUT2D eigenvalue weighted by atomic mass is 19.1. The van der Waals surface area contributed by atoms with Crippen molar-refractivity contribution in [1.29, 1.82) is 0 Å². The smallest absolute Gasteiger partial charge is 0.291 e. The Bertz CT molecular complexity index is 1110. The Balaban J connectivity index is 1.21. The number of aliphatic hydroxyl groups is 1. The first kappa shape index (κ1) is 21.0. The van der Waals surface area contributed by atoms with E-state index < -0.39 is 6.61 Å². The molecule has 1 aromatic carbocycles. The van der Waals surface area contributed by atoms with Gasteiger partial charge in [-0.15, -0.1) is 0 Å². The number of carbonyl (C=O) groups is 1.